The molecule has 12 atom stereocenters. The van der Waals surface area contributed by atoms with E-state index in [-0.39, 0.29) is 68.1 Å². The molecule has 3 aromatic carbocycles. The first kappa shape index (κ1) is 79.3. The molecule has 542 valence electrons. The van der Waals surface area contributed by atoms with Crippen molar-refractivity contribution < 1.29 is 82.8 Å². The number of likely N-dealkylation sites (tertiary alicyclic amines) is 1. The summed E-state index contributed by atoms with van der Waals surface area (Å²) in [5, 5.41) is 65.1. The smallest absolute Gasteiger partial charge is 0.326 e. The van der Waals surface area contributed by atoms with Crippen molar-refractivity contribution in [2.75, 3.05) is 24.6 Å². The lowest BCUT2D eigenvalue weighted by molar-refractivity contribution is -0.143. The van der Waals surface area contributed by atoms with Gasteiger partial charge in [0.25, 0.3) is 0 Å². The maximum absolute atomic E-state index is 14.5. The van der Waals surface area contributed by atoms with Crippen molar-refractivity contribution in [3.05, 3.63) is 101 Å². The molecule has 1 aliphatic heterocycles. The van der Waals surface area contributed by atoms with Crippen LogP contribution in [0.2, 0.25) is 0 Å². The number of fused-ring (bicyclic) bond motifs is 2. The van der Waals surface area contributed by atoms with Crippen molar-refractivity contribution in [2.45, 2.75) is 165 Å². The Morgan fingerprint density at radius 2 is 1.16 bits per heavy atom. The minimum absolute atomic E-state index is 0.00879. The second-order valence-electron chi connectivity index (χ2n) is 25.3. The first-order valence-electron chi connectivity index (χ1n) is 32.7. The van der Waals surface area contributed by atoms with Gasteiger partial charge < -0.3 is 94.6 Å². The number of thiol groups is 2. The van der Waals surface area contributed by atoms with Gasteiger partial charge in [-0.3, -0.25) is 57.5 Å². The summed E-state index contributed by atoms with van der Waals surface area (Å²) in [7, 11) is 0. The summed E-state index contributed by atoms with van der Waals surface area (Å²) in [4.78, 5) is 184. The molecule has 6 rings (SSSR count). The number of aliphatic hydroxyl groups excluding tert-OH is 1. The zero-order valence-electron chi connectivity index (χ0n) is 56.0. The van der Waals surface area contributed by atoms with Gasteiger partial charge in [-0.15, -0.1) is 0 Å². The Hall–Kier alpha value is -9.73. The van der Waals surface area contributed by atoms with Crippen LogP contribution in [0, 0.1) is 18.8 Å². The van der Waals surface area contributed by atoms with Gasteiger partial charge in [-0.1, -0.05) is 82.6 Å². The minimum atomic E-state index is -1.53. The topological polar surface area (TPSA) is 498 Å². The van der Waals surface area contributed by atoms with E-state index in [0.717, 1.165) is 15.8 Å². The number of aliphatic carboxylic acids is 2. The van der Waals surface area contributed by atoms with E-state index in [4.69, 9.17) is 11.5 Å². The summed E-state index contributed by atoms with van der Waals surface area (Å²) in [5.74, 6) is -14.2. The van der Waals surface area contributed by atoms with Crippen LogP contribution in [0.25, 0.3) is 21.8 Å². The van der Waals surface area contributed by atoms with Crippen molar-refractivity contribution in [3.8, 4) is 5.75 Å². The van der Waals surface area contributed by atoms with E-state index in [2.05, 4.69) is 83.1 Å². The quantitative estimate of drug-likeness (QED) is 0.0214. The molecule has 0 aliphatic carbocycles. The first-order chi connectivity index (χ1) is 47.4. The Morgan fingerprint density at radius 3 is 1.74 bits per heavy atom. The van der Waals surface area contributed by atoms with Crippen LogP contribution in [0.15, 0.2) is 79.1 Å². The molecule has 0 spiro atoms. The number of hydrogen-bond donors (Lipinski definition) is 19. The molecule has 0 bridgehead atoms. The average Bonchev–Trinajstić information content (AvgIpc) is 1.51. The van der Waals surface area contributed by atoms with E-state index in [0.29, 0.717) is 39.6 Å². The van der Waals surface area contributed by atoms with Crippen LogP contribution in [0.1, 0.15) is 94.9 Å². The number of aryl methyl sites for hydroxylation is 1. The van der Waals surface area contributed by atoms with Crippen LogP contribution in [0.5, 0.6) is 5.75 Å². The zero-order valence-corrected chi connectivity index (χ0v) is 57.8. The molecule has 2 aromatic heterocycles. The monoisotopic (exact) mass is 1430 g/mol. The number of aromatic amines is 2. The van der Waals surface area contributed by atoms with E-state index < -0.39 is 175 Å². The average molecular weight is 1430 g/mol. The highest BCUT2D eigenvalue weighted by Crippen LogP contribution is 2.24. The number of H-pyrrole nitrogens is 2. The number of para-hydroxylation sites is 2. The number of rotatable bonds is 38. The Kier molecular flexibility index (Phi) is 29.7. The van der Waals surface area contributed by atoms with Crippen LogP contribution in [0.4, 0.5) is 0 Å². The summed E-state index contributed by atoms with van der Waals surface area (Å²) in [5.41, 5.74) is 15.1. The van der Waals surface area contributed by atoms with Crippen molar-refractivity contribution in [3.63, 3.8) is 0 Å². The summed E-state index contributed by atoms with van der Waals surface area (Å²) in [6.45, 7) is 7.25. The molecule has 3 heterocycles. The summed E-state index contributed by atoms with van der Waals surface area (Å²) < 4.78 is 0. The lowest BCUT2D eigenvalue weighted by Crippen LogP contribution is -2.61. The minimum Gasteiger partial charge on any atom is -0.508 e. The number of nitrogens with zero attached hydrogens (tertiary/aromatic N) is 1. The fourth-order valence-electron chi connectivity index (χ4n) is 11.4. The number of carbonyl (C=O) groups is 13. The standard InChI is InChI=1S/C67H90N14O17S2/c1-6-34(4)57(65(95)75-46(67(97)98)16-19-54(69)84)80-62(92)49(25-38-28-71-44-14-10-8-12-41(38)44)76-63(93)50(31-99)78-61(91)47(21-33(2)3)73-55(85)29-72-59(89)48(23-36-15-18-53(83)35(5)22-36)77-64(94)52-26-39(82)30-81(52)66(96)51(32-100)79-60(90)45(17-20-56(86)87)74-58(88)42(68)24-37-27-70-43-13-9-7-11-40(37)43/h7-15,18,22,27-28,33-34,39,42,45-52,57,70-71,82-83,99-100H,6,16-17,19-21,23-26,29-32,68H2,1-5H3,(H2,69,84)(H,72,89)(H,73,85)(H,74,88)(H,75,95)(H,76,93)(H,77,94)(H,78,91)(H,79,90)(H,80,92)(H,86,87)(H,97,98)/t34-,39+,42-,45+,46-,47-,48-,49-,50-,51-,52-,57-/m0/s1. The maximum atomic E-state index is 14.5. The molecule has 0 saturated carbocycles. The third-order valence-electron chi connectivity index (χ3n) is 17.1. The molecular weight excluding hydrogens is 1340 g/mol. The zero-order chi connectivity index (χ0) is 73.7. The van der Waals surface area contributed by atoms with Gasteiger partial charge in [0.2, 0.25) is 65.0 Å². The second kappa shape index (κ2) is 37.5. The number of benzene rings is 3. The van der Waals surface area contributed by atoms with E-state index in [1.807, 2.05) is 24.3 Å². The molecule has 1 fully saturated rings. The number of nitrogens with two attached hydrogens (primary N) is 2. The fraction of sp³-hybridized carbons (Fsp3) is 0.478. The molecule has 33 heteroatoms. The van der Waals surface area contributed by atoms with Crippen LogP contribution < -0.4 is 59.3 Å². The van der Waals surface area contributed by atoms with Gasteiger partial charge in [-0.2, -0.15) is 25.3 Å². The maximum Gasteiger partial charge on any atom is 0.326 e. The van der Waals surface area contributed by atoms with Crippen molar-refractivity contribution in [1.82, 2.24) is 62.7 Å². The third-order valence-corrected chi connectivity index (χ3v) is 17.9. The predicted octanol–water partition coefficient (Wildman–Crippen LogP) is -0.858. The molecule has 19 N–H and O–H groups in total. The highest BCUT2D eigenvalue weighted by Gasteiger charge is 2.43. The molecule has 0 unspecified atom stereocenters. The Balaban J connectivity index is 1.14. The Labute approximate surface area is 587 Å². The van der Waals surface area contributed by atoms with E-state index in [1.165, 1.54) is 12.1 Å². The van der Waals surface area contributed by atoms with Crippen molar-refractivity contribution in [1.29, 1.82) is 0 Å². The van der Waals surface area contributed by atoms with Crippen LogP contribution >= 0.6 is 25.3 Å². The number of nitrogens with one attached hydrogen (secondary N) is 11. The number of primary amides is 1. The number of hydrogen-bond acceptors (Lipinski definition) is 18. The normalized spacial score (nSPS) is 16.6. The number of carboxylic acids is 2. The van der Waals surface area contributed by atoms with Crippen molar-refractivity contribution >= 4 is 124 Å². The first-order valence-corrected chi connectivity index (χ1v) is 33.9. The van der Waals surface area contributed by atoms with Crippen molar-refractivity contribution in [2.24, 2.45) is 23.3 Å². The lowest BCUT2D eigenvalue weighted by Gasteiger charge is -2.30. The van der Waals surface area contributed by atoms with Gasteiger partial charge >= 0.3 is 11.9 Å². The van der Waals surface area contributed by atoms with E-state index in [9.17, 15) is 82.8 Å². The second-order valence-corrected chi connectivity index (χ2v) is 26.0. The molecule has 5 aromatic rings. The number of phenolic OH excluding ortho intramolecular Hbond substituents is 1. The largest absolute Gasteiger partial charge is 0.508 e. The SMILES string of the molecule is CC[C@H](C)[C@H](NC(=O)[C@H](Cc1c[nH]c2ccccc12)NC(=O)[C@H](CS)NC(=O)[C@H](CC(C)C)NC(=O)CNC(=O)[C@H](Cc1ccc(O)c(C)c1)NC(=O)[C@@H]1C[C@@H](O)CN1C(=O)[C@H](CS)NC(=O)[C@@H](CCC(=O)O)NC(=O)[C@@H](N)Cc1c[nH]c2ccccc12)C(=O)N[C@@H](CCC(N)=O)C(=O)O. The highest BCUT2D eigenvalue weighted by atomic mass is 32.1. The number of phenols is 1. The highest BCUT2D eigenvalue weighted by molar-refractivity contribution is 7.80. The summed E-state index contributed by atoms with van der Waals surface area (Å²) in [6.07, 6.45) is -0.0444. The molecule has 100 heavy (non-hydrogen) atoms. The van der Waals surface area contributed by atoms with Crippen LogP contribution in [-0.4, -0.2) is 203 Å². The van der Waals surface area contributed by atoms with Gasteiger partial charge in [0.1, 0.15) is 60.1 Å². The predicted molar refractivity (Wildman–Crippen MR) is 373 cm³/mol. The molecule has 1 aliphatic rings. The number of carbonyl (C=O) groups excluding carboxylic acids is 11. The summed E-state index contributed by atoms with van der Waals surface area (Å²) >= 11 is 8.63. The third kappa shape index (κ3) is 22.7. The number of aromatic hydroxyl groups is 1. The Bertz CT molecular complexity index is 3790. The number of amides is 11. The molecule has 0 radical (unpaired) electrons. The molecule has 1 saturated heterocycles. The van der Waals surface area contributed by atoms with Crippen LogP contribution in [0.3, 0.4) is 0 Å². The number of aliphatic hydroxyl groups is 1. The fourth-order valence-corrected chi connectivity index (χ4v) is 11.9. The number of aromatic nitrogens is 2. The molecule has 11 amide bonds. The Morgan fingerprint density at radius 1 is 0.620 bits per heavy atom. The van der Waals surface area contributed by atoms with Gasteiger partial charge in [0.05, 0.1) is 18.7 Å². The van der Waals surface area contributed by atoms with E-state index in [1.54, 1.807) is 77.3 Å². The van der Waals surface area contributed by atoms with Gasteiger partial charge in [0, 0.05) is 84.4 Å². The molecular formula is C67H90N14O17S2. The lowest BCUT2D eigenvalue weighted by atomic mass is 9.96. The van der Waals surface area contributed by atoms with Gasteiger partial charge in [-0.05, 0) is 84.9 Å². The van der Waals surface area contributed by atoms with Gasteiger partial charge in [0.15, 0.2) is 0 Å². The van der Waals surface area contributed by atoms with Crippen LogP contribution in [-0.2, 0) is 81.6 Å². The van der Waals surface area contributed by atoms with E-state index >= 15 is 0 Å². The number of carboxylic acid groups (broad SMARTS) is 2. The van der Waals surface area contributed by atoms with Gasteiger partial charge in [-0.25, -0.2) is 4.79 Å². The summed E-state index contributed by atoms with van der Waals surface area (Å²) in [6, 6.07) is 4.46. The molecule has 31 nitrogen and oxygen atoms in total. The number of β-amino-alcohol motifs (C(OH)–C–C–N with tert-alkyl or cyclic N) is 1.